The van der Waals surface area contributed by atoms with Crippen molar-refractivity contribution in [1.29, 1.82) is 0 Å². The number of benzene rings is 1. The van der Waals surface area contributed by atoms with E-state index in [1.807, 2.05) is 18.2 Å². The Labute approximate surface area is 83.0 Å². The van der Waals surface area contributed by atoms with Crippen LogP contribution in [-0.2, 0) is 11.3 Å². The van der Waals surface area contributed by atoms with Crippen molar-refractivity contribution in [3.63, 3.8) is 0 Å². The Hall–Kier alpha value is -1.26. The monoisotopic (exact) mass is 194 g/mol. The molecule has 0 saturated heterocycles. The molecule has 2 rings (SSSR count). The molecule has 1 aromatic rings. The molecule has 0 aromatic heterocycles. The second-order valence-corrected chi connectivity index (χ2v) is 3.40. The first kappa shape index (κ1) is 9.30. The van der Waals surface area contributed by atoms with Crippen LogP contribution in [-0.4, -0.2) is 19.8 Å². The van der Waals surface area contributed by atoms with Gasteiger partial charge in [-0.3, -0.25) is 0 Å². The molecule has 0 radical (unpaired) electrons. The molecule has 1 aliphatic heterocycles. The highest BCUT2D eigenvalue weighted by Crippen LogP contribution is 2.29. The molecular formula is C10H14N2O2. The van der Waals surface area contributed by atoms with Gasteiger partial charge in [0.25, 0.3) is 0 Å². The summed E-state index contributed by atoms with van der Waals surface area (Å²) in [5, 5.41) is 3.33. The van der Waals surface area contributed by atoms with Crippen LogP contribution < -0.4 is 16.0 Å². The van der Waals surface area contributed by atoms with Gasteiger partial charge in [0, 0.05) is 5.69 Å². The highest BCUT2D eigenvalue weighted by molar-refractivity contribution is 5.59. The molecule has 4 nitrogen and oxygen atoms in total. The average Bonchev–Trinajstić information content (AvgIpc) is 2.59. The maximum atomic E-state index is 5.15. The van der Waals surface area contributed by atoms with Crippen molar-refractivity contribution in [2.24, 2.45) is 5.90 Å². The molecule has 1 unspecified atom stereocenters. The van der Waals surface area contributed by atoms with Gasteiger partial charge in [0.1, 0.15) is 5.75 Å². The summed E-state index contributed by atoms with van der Waals surface area (Å²) in [5.74, 6) is 5.92. The van der Waals surface area contributed by atoms with Crippen LogP contribution in [0.25, 0.3) is 0 Å². The Kier molecular flexibility index (Phi) is 2.56. The van der Waals surface area contributed by atoms with E-state index in [1.165, 1.54) is 5.56 Å². The third-order valence-corrected chi connectivity index (χ3v) is 2.44. The normalized spacial score (nSPS) is 18.9. The molecule has 1 heterocycles. The Balaban J connectivity index is 2.14. The minimum atomic E-state index is 0.280. The van der Waals surface area contributed by atoms with Crippen LogP contribution in [0.1, 0.15) is 5.56 Å². The van der Waals surface area contributed by atoms with Crippen LogP contribution in [0.3, 0.4) is 0 Å². The fourth-order valence-corrected chi connectivity index (χ4v) is 1.76. The largest absolute Gasteiger partial charge is 0.497 e. The maximum Gasteiger partial charge on any atom is 0.119 e. The predicted molar refractivity (Wildman–Crippen MR) is 54.2 cm³/mol. The van der Waals surface area contributed by atoms with E-state index in [0.29, 0.717) is 6.61 Å². The minimum Gasteiger partial charge on any atom is -0.497 e. The van der Waals surface area contributed by atoms with Crippen molar-refractivity contribution < 1.29 is 9.57 Å². The van der Waals surface area contributed by atoms with E-state index in [-0.39, 0.29) is 6.04 Å². The van der Waals surface area contributed by atoms with Crippen molar-refractivity contribution in [2.45, 2.75) is 12.5 Å². The van der Waals surface area contributed by atoms with Crippen LogP contribution >= 0.6 is 0 Å². The average molecular weight is 194 g/mol. The lowest BCUT2D eigenvalue weighted by Gasteiger charge is -2.07. The first-order chi connectivity index (χ1) is 6.83. The number of fused-ring (bicyclic) bond motifs is 1. The Morgan fingerprint density at radius 1 is 1.57 bits per heavy atom. The lowest BCUT2D eigenvalue weighted by atomic mass is 10.1. The van der Waals surface area contributed by atoms with E-state index in [2.05, 4.69) is 10.2 Å². The van der Waals surface area contributed by atoms with Crippen molar-refractivity contribution in [3.05, 3.63) is 23.8 Å². The summed E-state index contributed by atoms with van der Waals surface area (Å²) in [6.07, 6.45) is 0.934. The van der Waals surface area contributed by atoms with Gasteiger partial charge in [0.05, 0.1) is 19.8 Å². The van der Waals surface area contributed by atoms with Gasteiger partial charge in [-0.05, 0) is 30.2 Å². The topological polar surface area (TPSA) is 56.5 Å². The molecule has 0 spiro atoms. The Bertz CT molecular complexity index is 328. The van der Waals surface area contributed by atoms with Crippen LogP contribution in [0.5, 0.6) is 5.75 Å². The lowest BCUT2D eigenvalue weighted by Crippen LogP contribution is -2.24. The summed E-state index contributed by atoms with van der Waals surface area (Å²) in [5.41, 5.74) is 2.40. The fourth-order valence-electron chi connectivity index (χ4n) is 1.76. The van der Waals surface area contributed by atoms with E-state index in [0.717, 1.165) is 17.9 Å². The number of rotatable bonds is 3. The molecule has 0 amide bonds. The SMILES string of the molecule is COc1ccc2c(c1)CC(CON)N2. The molecule has 14 heavy (non-hydrogen) atoms. The zero-order chi connectivity index (χ0) is 9.97. The van der Waals surface area contributed by atoms with Crippen LogP contribution in [0, 0.1) is 0 Å². The van der Waals surface area contributed by atoms with Crippen LogP contribution in [0.2, 0.25) is 0 Å². The Morgan fingerprint density at radius 2 is 2.43 bits per heavy atom. The van der Waals surface area contributed by atoms with Crippen molar-refractivity contribution in [1.82, 2.24) is 0 Å². The highest BCUT2D eigenvalue weighted by atomic mass is 16.6. The molecule has 0 aliphatic carbocycles. The zero-order valence-electron chi connectivity index (χ0n) is 8.12. The second-order valence-electron chi connectivity index (χ2n) is 3.40. The van der Waals surface area contributed by atoms with Gasteiger partial charge in [0.2, 0.25) is 0 Å². The maximum absolute atomic E-state index is 5.15. The van der Waals surface area contributed by atoms with E-state index in [9.17, 15) is 0 Å². The third kappa shape index (κ3) is 1.66. The second kappa shape index (κ2) is 3.86. The zero-order valence-corrected chi connectivity index (χ0v) is 8.12. The van der Waals surface area contributed by atoms with Gasteiger partial charge >= 0.3 is 0 Å². The minimum absolute atomic E-state index is 0.280. The Morgan fingerprint density at radius 3 is 3.14 bits per heavy atom. The molecule has 3 N–H and O–H groups in total. The van der Waals surface area contributed by atoms with E-state index >= 15 is 0 Å². The predicted octanol–water partition coefficient (Wildman–Crippen LogP) is 0.922. The van der Waals surface area contributed by atoms with Gasteiger partial charge in [-0.15, -0.1) is 0 Å². The smallest absolute Gasteiger partial charge is 0.119 e. The highest BCUT2D eigenvalue weighted by Gasteiger charge is 2.20. The number of nitrogens with two attached hydrogens (primary N) is 1. The van der Waals surface area contributed by atoms with Gasteiger partial charge < -0.3 is 14.9 Å². The lowest BCUT2D eigenvalue weighted by molar-refractivity contribution is 0.129. The quantitative estimate of drug-likeness (QED) is 0.702. The first-order valence-corrected chi connectivity index (χ1v) is 4.58. The number of hydrogen-bond acceptors (Lipinski definition) is 4. The number of anilines is 1. The molecule has 1 atom stereocenters. The number of ether oxygens (including phenoxy) is 1. The summed E-state index contributed by atoms with van der Waals surface area (Å²) >= 11 is 0. The molecule has 76 valence electrons. The molecule has 0 bridgehead atoms. The van der Waals surface area contributed by atoms with Gasteiger partial charge in [-0.1, -0.05) is 0 Å². The van der Waals surface area contributed by atoms with Crippen molar-refractivity contribution in [3.8, 4) is 5.75 Å². The van der Waals surface area contributed by atoms with E-state index in [4.69, 9.17) is 10.6 Å². The molecule has 1 aromatic carbocycles. The molecule has 0 fully saturated rings. The fraction of sp³-hybridized carbons (Fsp3) is 0.400. The summed E-state index contributed by atoms with van der Waals surface area (Å²) in [7, 11) is 1.67. The van der Waals surface area contributed by atoms with Gasteiger partial charge in [-0.25, -0.2) is 5.90 Å². The standard InChI is InChI=1S/C10H14N2O2/c1-13-9-2-3-10-7(5-9)4-8(12-10)6-14-11/h2-3,5,8,12H,4,6,11H2,1H3. The molecule has 0 saturated carbocycles. The summed E-state index contributed by atoms with van der Waals surface area (Å²) < 4.78 is 5.15. The van der Waals surface area contributed by atoms with Crippen molar-refractivity contribution in [2.75, 3.05) is 19.0 Å². The van der Waals surface area contributed by atoms with Crippen LogP contribution in [0.15, 0.2) is 18.2 Å². The molecular weight excluding hydrogens is 180 g/mol. The third-order valence-electron chi connectivity index (χ3n) is 2.44. The van der Waals surface area contributed by atoms with E-state index < -0.39 is 0 Å². The number of methoxy groups -OCH3 is 1. The molecule has 4 heteroatoms. The number of nitrogens with one attached hydrogen (secondary N) is 1. The van der Waals surface area contributed by atoms with Crippen molar-refractivity contribution >= 4 is 5.69 Å². The van der Waals surface area contributed by atoms with Gasteiger partial charge in [0.15, 0.2) is 0 Å². The van der Waals surface area contributed by atoms with Crippen LogP contribution in [0.4, 0.5) is 5.69 Å². The molecule has 1 aliphatic rings. The summed E-state index contributed by atoms with van der Waals surface area (Å²) in [6, 6.07) is 6.28. The number of hydrogen-bond donors (Lipinski definition) is 2. The summed E-state index contributed by atoms with van der Waals surface area (Å²) in [4.78, 5) is 4.62. The first-order valence-electron chi connectivity index (χ1n) is 4.58. The van der Waals surface area contributed by atoms with E-state index in [1.54, 1.807) is 7.11 Å². The summed E-state index contributed by atoms with van der Waals surface area (Å²) in [6.45, 7) is 0.525. The van der Waals surface area contributed by atoms with Gasteiger partial charge in [-0.2, -0.15) is 0 Å².